The number of carbonyl (C=O) groups excluding carboxylic acids is 3. The lowest BCUT2D eigenvalue weighted by Gasteiger charge is -2.07. The number of hydrogen-bond donors (Lipinski definition) is 2. The Hall–Kier alpha value is -3.15. The number of ether oxygens (including phenoxy) is 1. The van der Waals surface area contributed by atoms with E-state index >= 15 is 0 Å². The molecule has 1 aliphatic heterocycles. The van der Waals surface area contributed by atoms with Gasteiger partial charge in [-0.25, -0.2) is 0 Å². The van der Waals surface area contributed by atoms with E-state index in [4.69, 9.17) is 4.74 Å². The van der Waals surface area contributed by atoms with Gasteiger partial charge in [-0.1, -0.05) is 12.1 Å². The molecule has 0 radical (unpaired) electrons. The van der Waals surface area contributed by atoms with Crippen molar-refractivity contribution in [3.63, 3.8) is 0 Å². The molecule has 1 heterocycles. The minimum absolute atomic E-state index is 0.0648. The smallest absolute Gasteiger partial charge is 0.228 e. The molecule has 27 heavy (non-hydrogen) atoms. The monoisotopic (exact) mass is 366 g/mol. The third-order valence-corrected chi connectivity index (χ3v) is 4.50. The van der Waals surface area contributed by atoms with E-state index in [9.17, 15) is 14.4 Å². The molecule has 0 aliphatic carbocycles. The highest BCUT2D eigenvalue weighted by Gasteiger charge is 2.19. The molecule has 2 aromatic rings. The molecule has 0 bridgehead atoms. The Morgan fingerprint density at radius 2 is 2.00 bits per heavy atom. The number of benzene rings is 2. The largest absolute Gasteiger partial charge is 0.497 e. The summed E-state index contributed by atoms with van der Waals surface area (Å²) >= 11 is 0. The Bertz CT molecular complexity index is 876. The number of hydrogen-bond acceptors (Lipinski definition) is 4. The molecule has 0 atom stereocenters. The third-order valence-electron chi connectivity index (χ3n) is 4.50. The molecule has 3 rings (SSSR count). The zero-order valence-electron chi connectivity index (χ0n) is 15.2. The van der Waals surface area contributed by atoms with E-state index in [0.29, 0.717) is 24.9 Å². The van der Waals surface area contributed by atoms with Crippen LogP contribution in [0.2, 0.25) is 0 Å². The maximum absolute atomic E-state index is 12.3. The summed E-state index contributed by atoms with van der Waals surface area (Å²) in [6.07, 6.45) is 1.28. The Kier molecular flexibility index (Phi) is 5.86. The molecule has 0 aromatic heterocycles. The summed E-state index contributed by atoms with van der Waals surface area (Å²) in [6.45, 7) is 0.507. The molecule has 140 valence electrons. The first-order valence-electron chi connectivity index (χ1n) is 8.91. The molecular formula is C21H22N2O4. The van der Waals surface area contributed by atoms with Crippen molar-refractivity contribution < 1.29 is 19.1 Å². The highest BCUT2D eigenvalue weighted by atomic mass is 16.5. The fourth-order valence-corrected chi connectivity index (χ4v) is 3.04. The fraction of sp³-hybridized carbons (Fsp3) is 0.286. The van der Waals surface area contributed by atoms with Crippen molar-refractivity contribution in [3.05, 3.63) is 59.2 Å². The highest BCUT2D eigenvalue weighted by Crippen LogP contribution is 2.24. The van der Waals surface area contributed by atoms with Crippen LogP contribution in [0, 0.1) is 0 Å². The molecular weight excluding hydrogens is 344 g/mol. The van der Waals surface area contributed by atoms with E-state index in [0.717, 1.165) is 22.6 Å². The number of methoxy groups -OCH3 is 1. The summed E-state index contributed by atoms with van der Waals surface area (Å²) in [6, 6.07) is 12.9. The van der Waals surface area contributed by atoms with Crippen molar-refractivity contribution >= 4 is 23.3 Å². The zero-order valence-corrected chi connectivity index (χ0v) is 15.2. The molecule has 2 N–H and O–H groups in total. The molecule has 2 aromatic carbocycles. The van der Waals surface area contributed by atoms with Crippen LogP contribution in [0.3, 0.4) is 0 Å². The molecule has 0 saturated heterocycles. The number of ketones is 1. The Balaban J connectivity index is 1.43. The van der Waals surface area contributed by atoms with Gasteiger partial charge in [0.05, 0.1) is 13.5 Å². The SMILES string of the molecule is COc1cccc(CCNC(=O)CCC(=O)c2ccc3c(c2)CC(=O)N3)c1. The number of Topliss-reactive ketones (excluding diaryl/α,β-unsaturated/α-hetero) is 1. The summed E-state index contributed by atoms with van der Waals surface area (Å²) in [5, 5.41) is 5.57. The predicted molar refractivity (Wildman–Crippen MR) is 102 cm³/mol. The molecule has 2 amide bonds. The summed E-state index contributed by atoms with van der Waals surface area (Å²) in [7, 11) is 1.62. The highest BCUT2D eigenvalue weighted by molar-refractivity contribution is 6.02. The summed E-state index contributed by atoms with van der Waals surface area (Å²) in [4.78, 5) is 35.7. The number of carbonyl (C=O) groups is 3. The summed E-state index contributed by atoms with van der Waals surface area (Å²) < 4.78 is 5.18. The normalized spacial score (nSPS) is 12.3. The van der Waals surface area contributed by atoms with Crippen molar-refractivity contribution in [2.24, 2.45) is 0 Å². The van der Waals surface area contributed by atoms with E-state index < -0.39 is 0 Å². The van der Waals surface area contributed by atoms with Gasteiger partial charge in [0.1, 0.15) is 5.75 Å². The van der Waals surface area contributed by atoms with Crippen molar-refractivity contribution in [1.82, 2.24) is 5.32 Å². The van der Waals surface area contributed by atoms with E-state index in [-0.39, 0.29) is 30.4 Å². The number of fused-ring (bicyclic) bond motifs is 1. The second-order valence-electron chi connectivity index (χ2n) is 6.47. The first-order valence-corrected chi connectivity index (χ1v) is 8.91. The standard InChI is InChI=1S/C21H22N2O4/c1-27-17-4-2-3-14(11-17)9-10-22-20(25)8-7-19(24)15-5-6-18-16(12-15)13-21(26)23-18/h2-6,11-12H,7-10,13H2,1H3,(H,22,25)(H,23,26). The van der Waals surface area contributed by atoms with Crippen molar-refractivity contribution in [2.75, 3.05) is 19.0 Å². The van der Waals surface area contributed by atoms with Gasteiger partial charge in [-0.3, -0.25) is 14.4 Å². The van der Waals surface area contributed by atoms with Crippen LogP contribution in [0.15, 0.2) is 42.5 Å². The lowest BCUT2D eigenvalue weighted by atomic mass is 10.0. The van der Waals surface area contributed by atoms with Gasteiger partial charge in [0.15, 0.2) is 5.78 Å². The van der Waals surface area contributed by atoms with Crippen LogP contribution in [0.5, 0.6) is 5.75 Å². The van der Waals surface area contributed by atoms with Gasteiger partial charge in [0.2, 0.25) is 11.8 Å². The number of rotatable bonds is 8. The van der Waals surface area contributed by atoms with E-state index in [1.807, 2.05) is 24.3 Å². The molecule has 0 spiro atoms. The Labute approximate surface area is 157 Å². The van der Waals surface area contributed by atoms with Gasteiger partial charge in [-0.05, 0) is 47.9 Å². The average molecular weight is 366 g/mol. The van der Waals surface area contributed by atoms with Gasteiger partial charge in [0.25, 0.3) is 0 Å². The summed E-state index contributed by atoms with van der Waals surface area (Å²) in [5.74, 6) is 0.477. The lowest BCUT2D eigenvalue weighted by Crippen LogP contribution is -2.26. The second kappa shape index (κ2) is 8.49. The quantitative estimate of drug-likeness (QED) is 0.703. The maximum Gasteiger partial charge on any atom is 0.228 e. The minimum atomic E-state index is -0.149. The average Bonchev–Trinajstić information content (AvgIpc) is 3.05. The first kappa shape index (κ1) is 18.6. The third kappa shape index (κ3) is 4.94. The van der Waals surface area contributed by atoms with E-state index in [1.165, 1.54) is 0 Å². The van der Waals surface area contributed by atoms with Gasteiger partial charge >= 0.3 is 0 Å². The second-order valence-corrected chi connectivity index (χ2v) is 6.47. The molecule has 0 saturated carbocycles. The lowest BCUT2D eigenvalue weighted by molar-refractivity contribution is -0.121. The van der Waals surface area contributed by atoms with Crippen LogP contribution in [-0.2, 0) is 22.4 Å². The van der Waals surface area contributed by atoms with Crippen LogP contribution >= 0.6 is 0 Å². The van der Waals surface area contributed by atoms with Crippen molar-refractivity contribution in [3.8, 4) is 5.75 Å². The van der Waals surface area contributed by atoms with Gasteiger partial charge in [-0.2, -0.15) is 0 Å². The van der Waals surface area contributed by atoms with Gasteiger partial charge < -0.3 is 15.4 Å². The zero-order chi connectivity index (χ0) is 19.2. The van der Waals surface area contributed by atoms with Crippen LogP contribution in [-0.4, -0.2) is 31.3 Å². The van der Waals surface area contributed by atoms with E-state index in [2.05, 4.69) is 10.6 Å². The topological polar surface area (TPSA) is 84.5 Å². The number of amides is 2. The van der Waals surface area contributed by atoms with Crippen LogP contribution in [0.1, 0.15) is 34.3 Å². The fourth-order valence-electron chi connectivity index (χ4n) is 3.04. The molecule has 1 aliphatic rings. The minimum Gasteiger partial charge on any atom is -0.497 e. The van der Waals surface area contributed by atoms with Crippen LogP contribution in [0.25, 0.3) is 0 Å². The maximum atomic E-state index is 12.3. The number of nitrogens with one attached hydrogen (secondary N) is 2. The Morgan fingerprint density at radius 1 is 1.15 bits per heavy atom. The molecule has 6 nitrogen and oxygen atoms in total. The first-order chi connectivity index (χ1) is 13.0. The molecule has 0 unspecified atom stereocenters. The van der Waals surface area contributed by atoms with E-state index in [1.54, 1.807) is 25.3 Å². The predicted octanol–water partition coefficient (Wildman–Crippen LogP) is 2.51. The summed E-state index contributed by atoms with van der Waals surface area (Å²) in [5.41, 5.74) is 3.20. The molecule has 6 heteroatoms. The Morgan fingerprint density at radius 3 is 2.81 bits per heavy atom. The van der Waals surface area contributed by atoms with Crippen molar-refractivity contribution in [1.29, 1.82) is 0 Å². The van der Waals surface area contributed by atoms with Gasteiger partial charge in [-0.15, -0.1) is 0 Å². The van der Waals surface area contributed by atoms with Crippen LogP contribution < -0.4 is 15.4 Å². The number of anilines is 1. The van der Waals surface area contributed by atoms with Crippen LogP contribution in [0.4, 0.5) is 5.69 Å². The van der Waals surface area contributed by atoms with Crippen molar-refractivity contribution in [2.45, 2.75) is 25.7 Å². The van der Waals surface area contributed by atoms with Gasteiger partial charge in [0, 0.05) is 30.6 Å². The molecule has 0 fully saturated rings.